The fourth-order valence-corrected chi connectivity index (χ4v) is 6.19. The Morgan fingerprint density at radius 1 is 0.442 bits per heavy atom. The highest BCUT2D eigenvalue weighted by molar-refractivity contribution is 5.93. The molecule has 0 aliphatic heterocycles. The summed E-state index contributed by atoms with van der Waals surface area (Å²) in [5, 5.41) is 70.4. The largest absolute Gasteiger partial charge is 0.480 e. The molecule has 2 aromatic carbocycles. The molecule has 0 amide bonds. The van der Waals surface area contributed by atoms with Crippen LogP contribution in [0.2, 0.25) is 0 Å². The van der Waals surface area contributed by atoms with Gasteiger partial charge in [-0.1, -0.05) is 20.9 Å². The molecule has 20 heteroatoms. The van der Waals surface area contributed by atoms with Crippen LogP contribution in [-0.4, -0.2) is 104 Å². The first-order chi connectivity index (χ1) is 24.7. The topological polar surface area (TPSA) is 272 Å². The van der Waals surface area contributed by atoms with Gasteiger partial charge in [-0.2, -0.15) is 0 Å². The summed E-state index contributed by atoms with van der Waals surface area (Å²) in [6, 6.07) is 3.62. The first-order valence-corrected chi connectivity index (χ1v) is 15.5. The average molecular weight is 711 g/mol. The van der Waals surface area contributed by atoms with E-state index in [-0.39, 0.29) is 0 Å². The van der Waals surface area contributed by atoms with Gasteiger partial charge in [-0.3, -0.25) is 19.2 Å². The Morgan fingerprint density at radius 3 is 0.846 bits per heavy atom. The van der Waals surface area contributed by atoms with Crippen LogP contribution >= 0.6 is 0 Å². The molecular formula is C32H30N12O8. The van der Waals surface area contributed by atoms with Gasteiger partial charge in [0, 0.05) is 22.3 Å². The van der Waals surface area contributed by atoms with Crippen molar-refractivity contribution in [1.82, 2.24) is 60.0 Å². The second-order valence-corrected chi connectivity index (χ2v) is 12.0. The second kappa shape index (κ2) is 13.7. The van der Waals surface area contributed by atoms with Crippen molar-refractivity contribution in [3.8, 4) is 56.2 Å². The number of nitrogens with zero attached hydrogens (tertiary/aromatic N) is 12. The lowest BCUT2D eigenvalue weighted by molar-refractivity contribution is -0.138. The van der Waals surface area contributed by atoms with E-state index in [1.165, 1.54) is 43.5 Å². The van der Waals surface area contributed by atoms with Crippen LogP contribution in [0.3, 0.4) is 0 Å². The minimum absolute atomic E-state index is 0.360. The number of rotatable bonds is 13. The molecule has 0 radical (unpaired) electrons. The van der Waals surface area contributed by atoms with Crippen LogP contribution in [0.4, 0.5) is 0 Å². The molecule has 0 aliphatic rings. The molecule has 0 saturated heterocycles. The molecular weight excluding hydrogens is 680 g/mol. The van der Waals surface area contributed by atoms with Crippen molar-refractivity contribution in [2.24, 2.45) is 0 Å². The van der Waals surface area contributed by atoms with Crippen LogP contribution in [0.25, 0.3) is 56.2 Å². The predicted octanol–water partition coefficient (Wildman–Crippen LogP) is 1.96. The summed E-state index contributed by atoms with van der Waals surface area (Å²) in [6.07, 6.45) is 6.01. The van der Waals surface area contributed by atoms with E-state index < -0.39 is 50.1 Å². The lowest BCUT2D eigenvalue weighted by Gasteiger charge is -2.23. The minimum Gasteiger partial charge on any atom is -0.480 e. The molecule has 4 heterocycles. The van der Waals surface area contributed by atoms with Crippen molar-refractivity contribution in [3.63, 3.8) is 0 Å². The van der Waals surface area contributed by atoms with E-state index in [0.717, 1.165) is 22.3 Å². The fourth-order valence-electron chi connectivity index (χ4n) is 6.19. The molecule has 4 aromatic heterocycles. The standard InChI is InChI=1S/C32H30N12O8/c1-15-19(23-7-41(37-33-23)11-27(45)46)5-20(24-8-42(38-34-24)12-28(47)48)16(2)31(15)32-17(3)21(25-9-43(39-35-25)13-29(49)50)6-22(18(32)4)26-10-44(40-36-26)14-30(51)52/h5-10H,11-14H2,1-4H3,(H,45,46)(H,47,48)(H,49,50)(H,51,52). The number of carboxylic acid groups (broad SMARTS) is 4. The molecule has 0 bridgehead atoms. The molecule has 0 atom stereocenters. The third-order valence-electron chi connectivity index (χ3n) is 8.39. The summed E-state index contributed by atoms with van der Waals surface area (Å²) in [5.41, 5.74) is 8.05. The van der Waals surface area contributed by atoms with Crippen molar-refractivity contribution < 1.29 is 39.6 Å². The summed E-state index contributed by atoms with van der Waals surface area (Å²) >= 11 is 0. The molecule has 0 spiro atoms. The van der Waals surface area contributed by atoms with E-state index in [9.17, 15) is 39.6 Å². The molecule has 0 aliphatic carbocycles. The maximum Gasteiger partial charge on any atom is 0.325 e. The fraction of sp³-hybridized carbons (Fsp3) is 0.250. The number of aromatic nitrogens is 12. The first-order valence-electron chi connectivity index (χ1n) is 15.5. The second-order valence-electron chi connectivity index (χ2n) is 12.0. The molecule has 6 rings (SSSR count). The highest BCUT2D eigenvalue weighted by Gasteiger charge is 2.26. The first kappa shape index (κ1) is 34.7. The number of hydrogen-bond donors (Lipinski definition) is 4. The highest BCUT2D eigenvalue weighted by atomic mass is 16.4. The van der Waals surface area contributed by atoms with Gasteiger partial charge in [0.1, 0.15) is 49.0 Å². The van der Waals surface area contributed by atoms with Gasteiger partial charge in [-0.25, -0.2) is 18.7 Å². The van der Waals surface area contributed by atoms with E-state index in [1.807, 2.05) is 39.8 Å². The lowest BCUT2D eigenvalue weighted by Crippen LogP contribution is -2.09. The molecule has 0 fully saturated rings. The van der Waals surface area contributed by atoms with Crippen molar-refractivity contribution in [2.75, 3.05) is 0 Å². The van der Waals surface area contributed by atoms with Crippen LogP contribution in [0, 0.1) is 27.7 Å². The minimum atomic E-state index is -1.11. The van der Waals surface area contributed by atoms with Crippen molar-refractivity contribution in [1.29, 1.82) is 0 Å². The summed E-state index contributed by atoms with van der Waals surface area (Å²) in [5.74, 6) is -4.43. The molecule has 0 saturated carbocycles. The van der Waals surface area contributed by atoms with Gasteiger partial charge < -0.3 is 20.4 Å². The smallest absolute Gasteiger partial charge is 0.325 e. The predicted molar refractivity (Wildman–Crippen MR) is 177 cm³/mol. The van der Waals surface area contributed by atoms with E-state index >= 15 is 0 Å². The Balaban J connectivity index is 1.66. The number of aliphatic carboxylic acids is 4. The number of benzene rings is 2. The van der Waals surface area contributed by atoms with Gasteiger partial charge in [0.2, 0.25) is 0 Å². The van der Waals surface area contributed by atoms with E-state index in [4.69, 9.17) is 0 Å². The third-order valence-corrected chi connectivity index (χ3v) is 8.39. The molecule has 266 valence electrons. The van der Waals surface area contributed by atoms with Gasteiger partial charge in [0.25, 0.3) is 0 Å². The van der Waals surface area contributed by atoms with E-state index in [2.05, 4.69) is 41.2 Å². The van der Waals surface area contributed by atoms with Crippen LogP contribution in [0.1, 0.15) is 22.3 Å². The summed E-state index contributed by atoms with van der Waals surface area (Å²) in [4.78, 5) is 45.7. The van der Waals surface area contributed by atoms with Crippen LogP contribution in [0.15, 0.2) is 36.9 Å². The summed E-state index contributed by atoms with van der Waals surface area (Å²) in [7, 11) is 0. The van der Waals surface area contributed by atoms with Gasteiger partial charge >= 0.3 is 23.9 Å². The third kappa shape index (κ3) is 6.84. The zero-order valence-corrected chi connectivity index (χ0v) is 28.1. The Morgan fingerprint density at radius 2 is 0.654 bits per heavy atom. The monoisotopic (exact) mass is 710 g/mol. The van der Waals surface area contributed by atoms with Crippen molar-refractivity contribution >= 4 is 23.9 Å². The number of hydrogen-bond acceptors (Lipinski definition) is 12. The van der Waals surface area contributed by atoms with E-state index in [1.54, 1.807) is 0 Å². The zero-order valence-electron chi connectivity index (χ0n) is 28.1. The maximum atomic E-state index is 11.4. The van der Waals surface area contributed by atoms with Crippen LogP contribution in [-0.2, 0) is 45.4 Å². The Labute approximate surface area is 292 Å². The average Bonchev–Trinajstić information content (AvgIpc) is 3.87. The molecule has 4 N–H and O–H groups in total. The number of carbonyl (C=O) groups is 4. The summed E-state index contributed by atoms with van der Waals surface area (Å²) < 4.78 is 4.76. The zero-order chi connectivity index (χ0) is 37.4. The van der Waals surface area contributed by atoms with Gasteiger partial charge in [-0.05, 0) is 73.2 Å². The summed E-state index contributed by atoms with van der Waals surface area (Å²) in [6.45, 7) is 5.80. The SMILES string of the molecule is Cc1c(-c2cn(CC(=O)O)nn2)cc(-c2cn(CC(=O)O)nn2)c(C)c1-c1c(C)c(-c2cn(CC(=O)O)nn2)cc(-c2cn(CC(=O)O)nn2)c1C. The van der Waals surface area contributed by atoms with Crippen molar-refractivity contribution in [2.45, 2.75) is 53.9 Å². The lowest BCUT2D eigenvalue weighted by atomic mass is 9.80. The maximum absolute atomic E-state index is 11.4. The normalized spacial score (nSPS) is 11.2. The Hall–Kier alpha value is -7.12. The molecule has 6 aromatic rings. The molecule has 52 heavy (non-hydrogen) atoms. The van der Waals surface area contributed by atoms with Gasteiger partial charge in [0.15, 0.2) is 0 Å². The van der Waals surface area contributed by atoms with Crippen molar-refractivity contribution in [3.05, 3.63) is 59.2 Å². The molecule has 0 unspecified atom stereocenters. The molecule has 20 nitrogen and oxygen atoms in total. The quantitative estimate of drug-likeness (QED) is 0.133. The Kier molecular flexibility index (Phi) is 9.12. The highest BCUT2D eigenvalue weighted by Crippen LogP contribution is 2.46. The van der Waals surface area contributed by atoms with Crippen LogP contribution < -0.4 is 0 Å². The van der Waals surface area contributed by atoms with Gasteiger partial charge in [-0.15, -0.1) is 20.4 Å². The van der Waals surface area contributed by atoms with Gasteiger partial charge in [0.05, 0.1) is 24.8 Å². The Bertz CT molecular complexity index is 2080. The van der Waals surface area contributed by atoms with Crippen LogP contribution in [0.5, 0.6) is 0 Å². The number of carboxylic acids is 4. The van der Waals surface area contributed by atoms with E-state index in [0.29, 0.717) is 56.2 Å².